The Bertz CT molecular complexity index is 916. The first-order chi connectivity index (χ1) is 13.7. The van der Waals surface area contributed by atoms with Gasteiger partial charge in [0, 0.05) is 36.1 Å². The summed E-state index contributed by atoms with van der Waals surface area (Å²) in [6.45, 7) is 5.02. The molecular formula is C23H25N3OS. The number of carbonyl (C=O) groups excluding carboxylic acids is 1. The molecular weight excluding hydrogens is 366 g/mol. The summed E-state index contributed by atoms with van der Waals surface area (Å²) >= 11 is 1.47. The molecule has 0 saturated carbocycles. The lowest BCUT2D eigenvalue weighted by atomic mass is 10.0. The van der Waals surface area contributed by atoms with Gasteiger partial charge in [-0.05, 0) is 25.3 Å². The first-order valence-electron chi connectivity index (χ1n) is 9.79. The molecule has 28 heavy (non-hydrogen) atoms. The van der Waals surface area contributed by atoms with Crippen molar-refractivity contribution < 1.29 is 4.79 Å². The van der Waals surface area contributed by atoms with Gasteiger partial charge in [0.15, 0.2) is 5.01 Å². The molecule has 2 aromatic carbocycles. The van der Waals surface area contributed by atoms with Crippen LogP contribution in [0, 0.1) is 6.92 Å². The summed E-state index contributed by atoms with van der Waals surface area (Å²) in [7, 11) is 0. The lowest BCUT2D eigenvalue weighted by Gasteiger charge is -2.32. The van der Waals surface area contributed by atoms with Gasteiger partial charge in [0.25, 0.3) is 5.91 Å². The average Bonchev–Trinajstić information content (AvgIpc) is 3.13. The van der Waals surface area contributed by atoms with Crippen molar-refractivity contribution in [3.05, 3.63) is 76.1 Å². The van der Waals surface area contributed by atoms with Gasteiger partial charge in [-0.1, -0.05) is 60.7 Å². The van der Waals surface area contributed by atoms with Gasteiger partial charge in [-0.25, -0.2) is 4.98 Å². The van der Waals surface area contributed by atoms with Gasteiger partial charge >= 0.3 is 0 Å². The lowest BCUT2D eigenvalue weighted by Crippen LogP contribution is -2.44. The van der Waals surface area contributed by atoms with E-state index in [1.165, 1.54) is 16.9 Å². The second-order valence-electron chi connectivity index (χ2n) is 7.30. The molecule has 5 heteroatoms. The van der Waals surface area contributed by atoms with E-state index < -0.39 is 0 Å². The van der Waals surface area contributed by atoms with E-state index in [4.69, 9.17) is 0 Å². The Morgan fingerprint density at radius 3 is 2.39 bits per heavy atom. The number of piperidine rings is 1. The third kappa shape index (κ3) is 4.49. The summed E-state index contributed by atoms with van der Waals surface area (Å²) in [5.41, 5.74) is 3.31. The van der Waals surface area contributed by atoms with Crippen LogP contribution in [0.25, 0.3) is 11.3 Å². The number of amides is 1. The molecule has 0 spiro atoms. The fourth-order valence-corrected chi connectivity index (χ4v) is 4.52. The van der Waals surface area contributed by atoms with Crippen molar-refractivity contribution in [2.24, 2.45) is 0 Å². The molecule has 4 nitrogen and oxygen atoms in total. The Morgan fingerprint density at radius 2 is 1.71 bits per heavy atom. The molecule has 2 heterocycles. The standard InChI is InChI=1S/C23H25N3OS/c1-17-21(19-10-6-3-7-11-19)25-23(28-17)22(27)24-20-12-14-26(15-13-20)16-18-8-4-2-5-9-18/h2-11,20H,12-16H2,1H3,(H,24,27). The molecule has 0 unspecified atom stereocenters. The number of aromatic nitrogens is 1. The van der Waals surface area contributed by atoms with Crippen LogP contribution in [0.2, 0.25) is 0 Å². The van der Waals surface area contributed by atoms with Gasteiger partial charge in [0.1, 0.15) is 0 Å². The third-order valence-electron chi connectivity index (χ3n) is 5.21. The number of likely N-dealkylation sites (tertiary alicyclic amines) is 1. The van der Waals surface area contributed by atoms with Crippen LogP contribution < -0.4 is 5.32 Å². The Hall–Kier alpha value is -2.50. The van der Waals surface area contributed by atoms with Crippen LogP contribution in [-0.2, 0) is 6.54 Å². The largest absolute Gasteiger partial charge is 0.347 e. The highest BCUT2D eigenvalue weighted by Gasteiger charge is 2.23. The van der Waals surface area contributed by atoms with Crippen LogP contribution in [0.3, 0.4) is 0 Å². The molecule has 1 fully saturated rings. The summed E-state index contributed by atoms with van der Waals surface area (Å²) in [6, 6.07) is 20.8. The van der Waals surface area contributed by atoms with Gasteiger partial charge in [-0.2, -0.15) is 0 Å². The first-order valence-corrected chi connectivity index (χ1v) is 10.6. The first kappa shape index (κ1) is 18.8. The Kier molecular flexibility index (Phi) is 5.84. The third-order valence-corrected chi connectivity index (χ3v) is 6.18. The smallest absolute Gasteiger partial charge is 0.280 e. The van der Waals surface area contributed by atoms with E-state index in [0.717, 1.165) is 48.6 Å². The molecule has 1 aromatic heterocycles. The lowest BCUT2D eigenvalue weighted by molar-refractivity contribution is 0.0908. The maximum Gasteiger partial charge on any atom is 0.280 e. The summed E-state index contributed by atoms with van der Waals surface area (Å²) < 4.78 is 0. The van der Waals surface area contributed by atoms with Gasteiger partial charge in [-0.3, -0.25) is 9.69 Å². The number of benzene rings is 2. The zero-order valence-electron chi connectivity index (χ0n) is 16.1. The van der Waals surface area contributed by atoms with E-state index in [2.05, 4.69) is 45.5 Å². The van der Waals surface area contributed by atoms with Crippen molar-refractivity contribution in [1.29, 1.82) is 0 Å². The van der Waals surface area contributed by atoms with E-state index in [0.29, 0.717) is 5.01 Å². The molecule has 0 atom stereocenters. The highest BCUT2D eigenvalue weighted by molar-refractivity contribution is 7.14. The number of nitrogens with zero attached hydrogens (tertiary/aromatic N) is 2. The summed E-state index contributed by atoms with van der Waals surface area (Å²) in [4.78, 5) is 20.9. The average molecular weight is 392 g/mol. The van der Waals surface area contributed by atoms with Crippen LogP contribution in [0.1, 0.15) is 33.1 Å². The van der Waals surface area contributed by atoms with E-state index in [9.17, 15) is 4.79 Å². The molecule has 144 valence electrons. The predicted octanol–water partition coefficient (Wildman–Crippen LogP) is 4.51. The normalized spacial score (nSPS) is 15.5. The van der Waals surface area contributed by atoms with Gasteiger partial charge in [0.2, 0.25) is 0 Å². The number of hydrogen-bond acceptors (Lipinski definition) is 4. The summed E-state index contributed by atoms with van der Waals surface area (Å²) in [6.07, 6.45) is 1.96. The number of rotatable bonds is 5. The van der Waals surface area contributed by atoms with Gasteiger partial charge in [-0.15, -0.1) is 11.3 Å². The Morgan fingerprint density at radius 1 is 1.07 bits per heavy atom. The van der Waals surface area contributed by atoms with Crippen LogP contribution in [0.4, 0.5) is 0 Å². The van der Waals surface area contributed by atoms with E-state index in [1.807, 2.05) is 37.3 Å². The van der Waals surface area contributed by atoms with Crippen molar-refractivity contribution in [2.75, 3.05) is 13.1 Å². The van der Waals surface area contributed by atoms with Crippen molar-refractivity contribution >= 4 is 17.2 Å². The maximum absolute atomic E-state index is 12.7. The minimum Gasteiger partial charge on any atom is -0.347 e. The van der Waals surface area contributed by atoms with Crippen molar-refractivity contribution in [3.8, 4) is 11.3 Å². The Balaban J connectivity index is 1.33. The summed E-state index contributed by atoms with van der Waals surface area (Å²) in [5.74, 6) is -0.0446. The number of hydrogen-bond donors (Lipinski definition) is 1. The second kappa shape index (κ2) is 8.67. The Labute approximate surface area is 170 Å². The minimum atomic E-state index is -0.0446. The fourth-order valence-electron chi connectivity index (χ4n) is 3.68. The molecule has 1 aliphatic heterocycles. The van der Waals surface area contributed by atoms with Crippen LogP contribution >= 0.6 is 11.3 Å². The topological polar surface area (TPSA) is 45.2 Å². The van der Waals surface area contributed by atoms with Gasteiger partial charge < -0.3 is 5.32 Å². The summed E-state index contributed by atoms with van der Waals surface area (Å²) in [5, 5.41) is 3.75. The van der Waals surface area contributed by atoms with E-state index >= 15 is 0 Å². The monoisotopic (exact) mass is 391 g/mol. The highest BCUT2D eigenvalue weighted by Crippen LogP contribution is 2.27. The van der Waals surface area contributed by atoms with Crippen molar-refractivity contribution in [3.63, 3.8) is 0 Å². The minimum absolute atomic E-state index is 0.0446. The molecule has 0 radical (unpaired) electrons. The molecule has 0 bridgehead atoms. The number of nitrogens with one attached hydrogen (secondary N) is 1. The molecule has 3 aromatic rings. The van der Waals surface area contributed by atoms with Gasteiger partial charge in [0.05, 0.1) is 5.69 Å². The fraction of sp³-hybridized carbons (Fsp3) is 0.304. The molecule has 4 rings (SSSR count). The zero-order valence-corrected chi connectivity index (χ0v) is 16.9. The number of aryl methyl sites for hydroxylation is 1. The quantitative estimate of drug-likeness (QED) is 0.696. The molecule has 0 aliphatic carbocycles. The van der Waals surface area contributed by atoms with E-state index in [1.54, 1.807) is 0 Å². The predicted molar refractivity (Wildman–Crippen MR) is 114 cm³/mol. The number of thiazole rings is 1. The van der Waals surface area contributed by atoms with Crippen LogP contribution in [0.15, 0.2) is 60.7 Å². The van der Waals surface area contributed by atoms with Crippen molar-refractivity contribution in [1.82, 2.24) is 15.2 Å². The SMILES string of the molecule is Cc1sc(C(=O)NC2CCN(Cc3ccccc3)CC2)nc1-c1ccccc1. The molecule has 1 amide bonds. The zero-order chi connectivity index (χ0) is 19.3. The molecule has 1 saturated heterocycles. The van der Waals surface area contributed by atoms with Crippen molar-refractivity contribution in [2.45, 2.75) is 32.4 Å². The highest BCUT2D eigenvalue weighted by atomic mass is 32.1. The van der Waals surface area contributed by atoms with Crippen LogP contribution in [0.5, 0.6) is 0 Å². The number of carbonyl (C=O) groups is 1. The second-order valence-corrected chi connectivity index (χ2v) is 8.50. The van der Waals surface area contributed by atoms with Crippen LogP contribution in [-0.4, -0.2) is 34.9 Å². The molecule has 1 N–H and O–H groups in total. The van der Waals surface area contributed by atoms with E-state index in [-0.39, 0.29) is 11.9 Å². The maximum atomic E-state index is 12.7. The molecule has 1 aliphatic rings.